The summed E-state index contributed by atoms with van der Waals surface area (Å²) in [6.45, 7) is 17.8. The van der Waals surface area contributed by atoms with Gasteiger partial charge in [-0.15, -0.1) is 0 Å². The van der Waals surface area contributed by atoms with E-state index in [-0.39, 0.29) is 54.9 Å². The molecule has 0 aliphatic heterocycles. The molecule has 21 heteroatoms. The van der Waals surface area contributed by atoms with Crippen molar-refractivity contribution in [2.45, 2.75) is 145 Å². The highest BCUT2D eigenvalue weighted by Gasteiger charge is 2.42. The lowest BCUT2D eigenvalue weighted by molar-refractivity contribution is -0.0101. The Morgan fingerprint density at radius 2 is 0.592 bits per heavy atom. The molecule has 0 spiro atoms. The van der Waals surface area contributed by atoms with Gasteiger partial charge in [-0.1, -0.05) is 198 Å². The molecule has 11 rings (SSSR count). The second-order valence-electron chi connectivity index (χ2n) is 28.1. The average Bonchev–Trinajstić information content (AvgIpc) is 1.64. The van der Waals surface area contributed by atoms with E-state index in [0.29, 0.717) is 22.3 Å². The number of rotatable bonds is 15. The van der Waals surface area contributed by atoms with Crippen LogP contribution in [0.2, 0.25) is 0 Å². The number of esters is 2. The zero-order valence-electron chi connectivity index (χ0n) is 59.1. The Hall–Kier alpha value is -8.80. The summed E-state index contributed by atoms with van der Waals surface area (Å²) >= 11 is 0. The van der Waals surface area contributed by atoms with Gasteiger partial charge >= 0.3 is 22.4 Å². The number of benzene rings is 10. The minimum absolute atomic E-state index is 0.0194. The Morgan fingerprint density at radius 1 is 0.369 bits per heavy atom. The van der Waals surface area contributed by atoms with E-state index in [4.69, 9.17) is 0 Å². The molecular formula is C82H83F4O12S5+. The molecule has 0 amide bonds. The van der Waals surface area contributed by atoms with Gasteiger partial charge in [0.1, 0.15) is 11.5 Å². The summed E-state index contributed by atoms with van der Waals surface area (Å²) < 4.78 is 127. The Kier molecular flexibility index (Phi) is 25.2. The van der Waals surface area contributed by atoms with Gasteiger partial charge in [-0.25, -0.2) is 26.4 Å². The standard InChI is InChI=1S/C30H24S2.C18H13S.2C17H24F2O6S/c1-5-13-25(14-6-1)31(26-15-7-2-8-16-26)29-21-23-30(24-22-29)32(27-17-9-3-10-18-27)28-19-11-4-12-20-28;1-2-8-14(9-3-1)19-17-12-6-4-10-15(17)16-11-5-7-13-18(16)19;2*1-15(2,3)11-7-10(8-12(13(11)20)16(4,5)6)14(21)25-9-17(18,19)26(22,23)24/h1-24H;1-13H;2*7-8,20H,9H2,1-6H3,(H,22,23,24)/q+2;+1;;/p-2. The third-order valence-electron chi connectivity index (χ3n) is 16.1. The summed E-state index contributed by atoms with van der Waals surface area (Å²) in [7, 11) is -12.1. The van der Waals surface area contributed by atoms with Crippen molar-refractivity contribution in [2.24, 2.45) is 0 Å². The molecule has 0 saturated carbocycles. The molecule has 0 radical (unpaired) electrons. The fourth-order valence-corrected chi connectivity index (χ4v) is 17.8. The minimum atomic E-state index is -5.95. The average molecular weight is 1500 g/mol. The van der Waals surface area contributed by atoms with Gasteiger partial charge in [-0.3, -0.25) is 0 Å². The monoisotopic (exact) mass is 1500 g/mol. The van der Waals surface area contributed by atoms with Crippen molar-refractivity contribution in [1.29, 1.82) is 0 Å². The van der Waals surface area contributed by atoms with Crippen molar-refractivity contribution in [3.63, 3.8) is 0 Å². The van der Waals surface area contributed by atoms with Crippen LogP contribution in [-0.4, -0.2) is 71.8 Å². The Bertz CT molecular complexity index is 4520. The van der Waals surface area contributed by atoms with Crippen molar-refractivity contribution in [2.75, 3.05) is 13.2 Å². The molecule has 0 saturated heterocycles. The molecule has 0 unspecified atom stereocenters. The Balaban J connectivity index is 0.000000177. The molecule has 12 nitrogen and oxygen atoms in total. The first-order chi connectivity index (χ1) is 48.1. The lowest BCUT2D eigenvalue weighted by Gasteiger charge is -2.28. The van der Waals surface area contributed by atoms with Gasteiger partial charge < -0.3 is 28.8 Å². The summed E-state index contributed by atoms with van der Waals surface area (Å²) in [4.78, 5) is 33.8. The zero-order chi connectivity index (χ0) is 75.7. The van der Waals surface area contributed by atoms with Crippen molar-refractivity contribution < 1.29 is 72.8 Å². The fourth-order valence-electron chi connectivity index (χ4n) is 10.8. The largest absolute Gasteiger partial charge is 0.743 e. The smallest absolute Gasteiger partial charge is 0.367 e. The number of carbonyl (C=O) groups excluding carboxylic acids is 2. The normalized spacial score (nSPS) is 12.3. The number of hydrogen-bond acceptors (Lipinski definition) is 12. The van der Waals surface area contributed by atoms with Crippen molar-refractivity contribution >= 4 is 84.6 Å². The van der Waals surface area contributed by atoms with Gasteiger partial charge in [0.15, 0.2) is 77.1 Å². The minimum Gasteiger partial charge on any atom is -0.743 e. The number of thiophene rings is 1. The third kappa shape index (κ3) is 19.9. The van der Waals surface area contributed by atoms with Crippen LogP contribution in [-0.2, 0) is 73.2 Å². The molecule has 10 aromatic carbocycles. The lowest BCUT2D eigenvalue weighted by atomic mass is 9.78. The molecule has 0 bridgehead atoms. The van der Waals surface area contributed by atoms with Gasteiger partial charge in [-0.2, -0.15) is 17.6 Å². The van der Waals surface area contributed by atoms with Crippen LogP contribution in [0.1, 0.15) is 126 Å². The number of phenolic OH excluding ortho intramolecular Hbond substituents is 2. The summed E-state index contributed by atoms with van der Waals surface area (Å²) in [5.74, 6) is -2.48. The predicted molar refractivity (Wildman–Crippen MR) is 403 cm³/mol. The number of ether oxygens (including phenoxy) is 2. The number of carbonyl (C=O) groups is 2. The van der Waals surface area contributed by atoms with Gasteiger partial charge in [0.05, 0.1) is 32.9 Å². The summed E-state index contributed by atoms with van der Waals surface area (Å²) in [5, 5.41) is 14.4. The molecular weight excluding hydrogens is 1410 g/mol. The SMILES string of the molecule is CC(C)(C)c1cc(C(=O)OCC(F)(F)S(=O)(=O)[O-])cc(C(C)(C)C)c1O.CC(C)(C)c1cc(C(=O)OCC(F)(F)S(=O)(=O)[O-])cc(C(C)(C)C)c1O.c1ccc(-[s+]2c3ccccc3c3ccccc32)cc1.c1ccc([S+](c2ccccc2)c2ccc([S+](c3ccccc3)c3ccccc3)cc2)cc1. The van der Waals surface area contributed by atoms with Crippen LogP contribution in [0.3, 0.4) is 0 Å². The number of alkyl halides is 4. The molecule has 2 N–H and O–H groups in total. The molecule has 0 atom stereocenters. The third-order valence-corrected chi connectivity index (χ3v) is 24.6. The first-order valence-corrected chi connectivity index (χ1v) is 39.1. The number of fused-ring (bicyclic) bond motifs is 3. The number of phenols is 2. The van der Waals surface area contributed by atoms with E-state index in [1.807, 2.05) is 0 Å². The van der Waals surface area contributed by atoms with Crippen LogP contribution in [0.4, 0.5) is 17.6 Å². The van der Waals surface area contributed by atoms with Crippen LogP contribution in [0.5, 0.6) is 11.5 Å². The number of aromatic hydroxyl groups is 2. The molecule has 0 aliphatic rings. The predicted octanol–water partition coefficient (Wildman–Crippen LogP) is 20.2. The Labute approximate surface area is 609 Å². The van der Waals surface area contributed by atoms with Crippen LogP contribution < -0.4 is 0 Å². The molecule has 103 heavy (non-hydrogen) atoms. The summed E-state index contributed by atoms with van der Waals surface area (Å²) in [6.07, 6.45) is 0. The molecule has 0 aliphatic carbocycles. The van der Waals surface area contributed by atoms with Crippen molar-refractivity contribution in [3.8, 4) is 16.4 Å². The fraction of sp³-hybridized carbons (Fsp3) is 0.244. The molecule has 0 fully saturated rings. The quantitative estimate of drug-likeness (QED) is 0.0425. The maximum atomic E-state index is 13.2. The van der Waals surface area contributed by atoms with Crippen molar-refractivity contribution in [1.82, 2.24) is 0 Å². The lowest BCUT2D eigenvalue weighted by Crippen LogP contribution is -2.34. The highest BCUT2D eigenvalue weighted by atomic mass is 32.2. The maximum absolute atomic E-state index is 13.2. The van der Waals surface area contributed by atoms with E-state index in [2.05, 4.69) is 234 Å². The van der Waals surface area contributed by atoms with E-state index in [9.17, 15) is 63.3 Å². The number of hydrogen-bond donors (Lipinski definition) is 2. The van der Waals surface area contributed by atoms with Gasteiger partial charge in [0.25, 0.3) is 0 Å². The summed E-state index contributed by atoms with van der Waals surface area (Å²) in [5.41, 5.74) is -0.912. The molecule has 1 heterocycles. The van der Waals surface area contributed by atoms with Crippen LogP contribution in [0, 0.1) is 0 Å². The van der Waals surface area contributed by atoms with E-state index >= 15 is 0 Å². The second kappa shape index (κ2) is 32.5. The maximum Gasteiger partial charge on any atom is 0.367 e. The summed E-state index contributed by atoms with van der Waals surface area (Å²) in [6, 6.07) is 86.2. The van der Waals surface area contributed by atoms with Gasteiger partial charge in [0.2, 0.25) is 0 Å². The topological polar surface area (TPSA) is 207 Å². The van der Waals surface area contributed by atoms with Crippen LogP contribution in [0.15, 0.2) is 278 Å². The van der Waals surface area contributed by atoms with E-state index in [0.717, 1.165) is 0 Å². The molecule has 11 aromatic rings. The molecule has 1 aromatic heterocycles. The van der Waals surface area contributed by atoms with E-state index in [1.54, 1.807) is 83.1 Å². The van der Waals surface area contributed by atoms with Crippen LogP contribution in [0.25, 0.3) is 25.1 Å². The zero-order valence-corrected chi connectivity index (χ0v) is 63.2. The Morgan fingerprint density at radius 3 is 0.835 bits per heavy atom. The first-order valence-electron chi connectivity index (χ1n) is 32.6. The molecule has 540 valence electrons. The van der Waals surface area contributed by atoms with Crippen molar-refractivity contribution in [3.05, 3.63) is 282 Å². The van der Waals surface area contributed by atoms with Gasteiger partial charge in [-0.05, 0) is 155 Å². The van der Waals surface area contributed by atoms with Gasteiger partial charge in [0, 0.05) is 43.5 Å². The van der Waals surface area contributed by atoms with E-state index < -0.39 is 77.6 Å². The number of halogens is 4. The highest BCUT2D eigenvalue weighted by Crippen LogP contribution is 2.49. The first kappa shape index (κ1) is 79.9. The highest BCUT2D eigenvalue weighted by molar-refractivity contribution is 7.97. The van der Waals surface area contributed by atoms with E-state index in [1.165, 1.54) is 78.7 Å². The second-order valence-corrected chi connectivity index (χ2v) is 37.2. The van der Waals surface area contributed by atoms with Crippen LogP contribution >= 0.6 is 10.5 Å².